The first kappa shape index (κ1) is 9.98. The molecule has 0 amide bonds. The van der Waals surface area contributed by atoms with E-state index < -0.39 is 5.82 Å². The van der Waals surface area contributed by atoms with Crippen molar-refractivity contribution in [2.24, 2.45) is 0 Å². The highest BCUT2D eigenvalue weighted by molar-refractivity contribution is 6.28. The van der Waals surface area contributed by atoms with Gasteiger partial charge in [-0.2, -0.15) is 0 Å². The summed E-state index contributed by atoms with van der Waals surface area (Å²) in [7, 11) is 0. The monoisotopic (exact) mass is 226 g/mol. The van der Waals surface area contributed by atoms with Crippen molar-refractivity contribution in [2.75, 3.05) is 0 Å². The highest BCUT2D eigenvalue weighted by Gasteiger charge is 2.08. The molecule has 5 heteroatoms. The summed E-state index contributed by atoms with van der Waals surface area (Å²) < 4.78 is 25.9. The lowest BCUT2D eigenvalue weighted by Gasteiger charge is -2.01. The van der Waals surface area contributed by atoms with Crippen LogP contribution in [0.5, 0.6) is 0 Å². The summed E-state index contributed by atoms with van der Waals surface area (Å²) in [5.41, 5.74) is 0.521. The second-order valence-corrected chi connectivity index (χ2v) is 3.18. The van der Waals surface area contributed by atoms with Gasteiger partial charge in [-0.25, -0.2) is 18.7 Å². The second-order valence-electron chi connectivity index (χ2n) is 2.84. The quantitative estimate of drug-likeness (QED) is 0.699. The first-order valence-corrected chi connectivity index (χ1v) is 4.48. The van der Waals surface area contributed by atoms with Gasteiger partial charge in [0.25, 0.3) is 0 Å². The topological polar surface area (TPSA) is 25.8 Å². The van der Waals surface area contributed by atoms with E-state index in [1.54, 1.807) is 0 Å². The van der Waals surface area contributed by atoms with Gasteiger partial charge in [-0.1, -0.05) is 0 Å². The van der Waals surface area contributed by atoms with E-state index in [0.29, 0.717) is 5.56 Å². The summed E-state index contributed by atoms with van der Waals surface area (Å²) in [4.78, 5) is 7.22. The largest absolute Gasteiger partial charge is 0.223 e. The molecule has 0 radical (unpaired) electrons. The number of aromatic nitrogens is 2. The molecule has 1 aromatic carbocycles. The minimum Gasteiger partial charge on any atom is -0.223 e. The maximum Gasteiger partial charge on any atom is 0.223 e. The summed E-state index contributed by atoms with van der Waals surface area (Å²) in [6, 6.07) is 5.31. The molecule has 1 aromatic heterocycles. The van der Waals surface area contributed by atoms with Crippen molar-refractivity contribution < 1.29 is 8.78 Å². The van der Waals surface area contributed by atoms with Crippen LogP contribution in [0.1, 0.15) is 0 Å². The van der Waals surface area contributed by atoms with Crippen molar-refractivity contribution in [2.45, 2.75) is 0 Å². The lowest BCUT2D eigenvalue weighted by Crippen LogP contribution is -1.92. The van der Waals surface area contributed by atoms with E-state index in [-0.39, 0.29) is 16.8 Å². The molecule has 0 fully saturated rings. The average Bonchev–Trinajstić information content (AvgIpc) is 2.23. The molecule has 76 valence electrons. The lowest BCUT2D eigenvalue weighted by atomic mass is 10.1. The van der Waals surface area contributed by atoms with Crippen LogP contribution in [0.25, 0.3) is 11.3 Å². The first-order chi connectivity index (χ1) is 7.16. The number of nitrogens with zero attached hydrogens (tertiary/aromatic N) is 2. The zero-order chi connectivity index (χ0) is 10.8. The van der Waals surface area contributed by atoms with Gasteiger partial charge in [0.2, 0.25) is 5.28 Å². The number of hydrogen-bond acceptors (Lipinski definition) is 2. The third-order valence-corrected chi connectivity index (χ3v) is 2.01. The third-order valence-electron chi connectivity index (χ3n) is 1.83. The van der Waals surface area contributed by atoms with E-state index in [2.05, 4.69) is 9.97 Å². The Morgan fingerprint density at radius 2 is 1.73 bits per heavy atom. The predicted octanol–water partition coefficient (Wildman–Crippen LogP) is 3.08. The molecular weight excluding hydrogens is 222 g/mol. The third kappa shape index (κ3) is 2.10. The zero-order valence-corrected chi connectivity index (χ0v) is 8.17. The Bertz CT molecular complexity index is 485. The molecule has 0 unspecified atom stereocenters. The Morgan fingerprint density at radius 3 is 2.40 bits per heavy atom. The molecule has 0 bridgehead atoms. The molecule has 0 saturated carbocycles. The van der Waals surface area contributed by atoms with Crippen LogP contribution in [0.2, 0.25) is 5.28 Å². The smallest absolute Gasteiger partial charge is 0.223 e. The molecule has 1 heterocycles. The van der Waals surface area contributed by atoms with E-state index in [9.17, 15) is 8.78 Å². The Labute approximate surface area is 89.6 Å². The van der Waals surface area contributed by atoms with Gasteiger partial charge in [-0.15, -0.1) is 0 Å². The van der Waals surface area contributed by atoms with Crippen LogP contribution in [0.3, 0.4) is 0 Å². The molecule has 0 aliphatic rings. The summed E-state index contributed by atoms with van der Waals surface area (Å²) in [6.07, 6.45) is 0.980. The van der Waals surface area contributed by atoms with E-state index in [4.69, 9.17) is 11.6 Å². The fraction of sp³-hybridized carbons (Fsp3) is 0. The summed E-state index contributed by atoms with van der Waals surface area (Å²) in [5.74, 6) is -0.981. The SMILES string of the molecule is Fc1ccc(-c2nc(Cl)ncc2F)cc1. The van der Waals surface area contributed by atoms with Crippen LogP contribution >= 0.6 is 11.6 Å². The zero-order valence-electron chi connectivity index (χ0n) is 7.42. The van der Waals surface area contributed by atoms with Crippen LogP contribution in [0.15, 0.2) is 30.5 Å². The average molecular weight is 227 g/mol. The van der Waals surface area contributed by atoms with Crippen LogP contribution < -0.4 is 0 Å². The maximum absolute atomic E-state index is 13.3. The number of benzene rings is 1. The minimum absolute atomic E-state index is 0.0456. The van der Waals surface area contributed by atoms with Gasteiger partial charge in [-0.3, -0.25) is 0 Å². The number of hydrogen-bond donors (Lipinski definition) is 0. The van der Waals surface area contributed by atoms with Crippen LogP contribution in [0, 0.1) is 11.6 Å². The standard InChI is InChI=1S/C10H5ClF2N2/c11-10-14-5-8(13)9(15-10)6-1-3-7(12)4-2-6/h1-5H. The summed E-state index contributed by atoms with van der Waals surface area (Å²) in [6.45, 7) is 0. The molecule has 15 heavy (non-hydrogen) atoms. The molecule has 2 nitrogen and oxygen atoms in total. The number of halogens is 3. The molecule has 0 aliphatic carbocycles. The second kappa shape index (κ2) is 3.90. The number of rotatable bonds is 1. The van der Waals surface area contributed by atoms with Crippen molar-refractivity contribution in [3.63, 3.8) is 0 Å². The molecule has 0 N–H and O–H groups in total. The fourth-order valence-electron chi connectivity index (χ4n) is 1.16. The van der Waals surface area contributed by atoms with E-state index in [1.807, 2.05) is 0 Å². The van der Waals surface area contributed by atoms with Gasteiger partial charge in [0.15, 0.2) is 5.82 Å². The maximum atomic E-state index is 13.3. The lowest BCUT2D eigenvalue weighted by molar-refractivity contribution is 0.616. The van der Waals surface area contributed by atoms with E-state index in [0.717, 1.165) is 6.20 Å². The molecule has 0 aliphatic heterocycles. The van der Waals surface area contributed by atoms with Crippen molar-refractivity contribution in [1.82, 2.24) is 9.97 Å². The fourth-order valence-corrected chi connectivity index (χ4v) is 1.29. The minimum atomic E-state index is -0.592. The van der Waals surface area contributed by atoms with E-state index >= 15 is 0 Å². The van der Waals surface area contributed by atoms with Gasteiger partial charge in [0.05, 0.1) is 6.20 Å². The van der Waals surface area contributed by atoms with Gasteiger partial charge >= 0.3 is 0 Å². The Morgan fingerprint density at radius 1 is 1.07 bits per heavy atom. The Hall–Kier alpha value is -1.55. The van der Waals surface area contributed by atoms with Gasteiger partial charge in [-0.05, 0) is 35.9 Å². The van der Waals surface area contributed by atoms with Gasteiger partial charge < -0.3 is 0 Å². The van der Waals surface area contributed by atoms with Crippen LogP contribution in [-0.2, 0) is 0 Å². The summed E-state index contributed by atoms with van der Waals surface area (Å²) in [5, 5.41) is -0.0456. The van der Waals surface area contributed by atoms with Crippen molar-refractivity contribution in [3.8, 4) is 11.3 Å². The predicted molar refractivity (Wildman–Crippen MR) is 52.4 cm³/mol. The molecule has 0 atom stereocenters. The van der Waals surface area contributed by atoms with Crippen molar-refractivity contribution in [3.05, 3.63) is 47.4 Å². The molecule has 0 saturated heterocycles. The van der Waals surface area contributed by atoms with Gasteiger partial charge in [0, 0.05) is 5.56 Å². The summed E-state index contributed by atoms with van der Waals surface area (Å²) >= 11 is 5.54. The van der Waals surface area contributed by atoms with Gasteiger partial charge in [0.1, 0.15) is 11.5 Å². The van der Waals surface area contributed by atoms with Crippen molar-refractivity contribution in [1.29, 1.82) is 0 Å². The van der Waals surface area contributed by atoms with Crippen LogP contribution in [-0.4, -0.2) is 9.97 Å². The molecular formula is C10H5ClF2N2. The molecule has 2 aromatic rings. The Balaban J connectivity index is 2.53. The van der Waals surface area contributed by atoms with E-state index in [1.165, 1.54) is 24.3 Å². The highest BCUT2D eigenvalue weighted by Crippen LogP contribution is 2.21. The molecule has 2 rings (SSSR count). The first-order valence-electron chi connectivity index (χ1n) is 4.11. The van der Waals surface area contributed by atoms with Crippen LogP contribution in [0.4, 0.5) is 8.78 Å². The normalized spacial score (nSPS) is 10.3. The Kier molecular flexibility index (Phi) is 2.60. The van der Waals surface area contributed by atoms with Crippen molar-refractivity contribution >= 4 is 11.6 Å². The highest BCUT2D eigenvalue weighted by atomic mass is 35.5. The molecule has 0 spiro atoms.